The Morgan fingerprint density at radius 2 is 1.76 bits per heavy atom. The van der Waals surface area contributed by atoms with E-state index < -0.39 is 0 Å². The molecule has 1 atom stereocenters. The third-order valence-electron chi connectivity index (χ3n) is 6.70. The predicted molar refractivity (Wildman–Crippen MR) is 125 cm³/mol. The van der Waals surface area contributed by atoms with Gasteiger partial charge in [-0.15, -0.1) is 0 Å². The molecule has 3 aliphatic rings. The summed E-state index contributed by atoms with van der Waals surface area (Å²) in [4.78, 5) is 0. The lowest BCUT2D eigenvalue weighted by atomic mass is 9.78. The van der Waals surface area contributed by atoms with Crippen LogP contribution in [0.4, 0.5) is 11.4 Å². The molecule has 0 amide bonds. The van der Waals surface area contributed by atoms with E-state index >= 15 is 0 Å². The molecule has 0 aromatic heterocycles. The van der Waals surface area contributed by atoms with E-state index in [0.29, 0.717) is 5.92 Å². The Balaban J connectivity index is 1.49. The van der Waals surface area contributed by atoms with Gasteiger partial charge in [0.25, 0.3) is 0 Å². The molecule has 2 aromatic carbocycles. The van der Waals surface area contributed by atoms with Gasteiger partial charge in [0.2, 0.25) is 0 Å². The minimum atomic E-state index is 0.0249. The summed E-state index contributed by atoms with van der Waals surface area (Å²) in [5.74, 6) is 0.585. The number of anilines is 2. The van der Waals surface area contributed by atoms with Crippen molar-refractivity contribution in [1.29, 1.82) is 0 Å². The van der Waals surface area contributed by atoms with Crippen LogP contribution < -0.4 is 5.32 Å². The van der Waals surface area contributed by atoms with Gasteiger partial charge >= 0.3 is 0 Å². The van der Waals surface area contributed by atoms with E-state index in [-0.39, 0.29) is 5.41 Å². The van der Waals surface area contributed by atoms with Gasteiger partial charge in [0, 0.05) is 16.8 Å². The molecular weight excluding hydrogens is 350 g/mol. The van der Waals surface area contributed by atoms with E-state index in [1.165, 1.54) is 33.5 Å². The average Bonchev–Trinajstić information content (AvgIpc) is 2.98. The number of allylic oxidation sites excluding steroid dienone is 8. The molecule has 1 N–H and O–H groups in total. The van der Waals surface area contributed by atoms with Crippen molar-refractivity contribution in [3.63, 3.8) is 0 Å². The zero-order valence-corrected chi connectivity index (χ0v) is 17.6. The monoisotopic (exact) mass is 379 g/mol. The largest absolute Gasteiger partial charge is 0.355 e. The maximum atomic E-state index is 3.73. The molecular formula is C28H29N. The lowest BCUT2D eigenvalue weighted by Gasteiger charge is -2.27. The smallest absolute Gasteiger partial charge is 0.0431 e. The average molecular weight is 380 g/mol. The third kappa shape index (κ3) is 3.00. The first kappa shape index (κ1) is 18.2. The van der Waals surface area contributed by atoms with Crippen LogP contribution in [0.5, 0.6) is 0 Å². The molecule has 2 aromatic rings. The standard InChI is InChI=1S/C28H29N/c1-19-9-7-13-24-26(19)23-12-8-14-25(27(23)28(24,2)3)29-22-17-15-21(16-18-22)20-10-5-4-6-11-20/h5,7-8,10-19,29H,4,6,9H2,1-3H3. The molecule has 0 spiro atoms. The Bertz CT molecular complexity index is 1070. The highest BCUT2D eigenvalue weighted by Gasteiger charge is 2.40. The molecule has 5 rings (SSSR count). The highest BCUT2D eigenvalue weighted by atomic mass is 14.9. The van der Waals surface area contributed by atoms with Crippen LogP contribution in [-0.2, 0) is 5.41 Å². The Kier molecular flexibility index (Phi) is 4.35. The third-order valence-corrected chi connectivity index (χ3v) is 6.70. The van der Waals surface area contributed by atoms with E-state index in [2.05, 4.69) is 98.9 Å². The summed E-state index contributed by atoms with van der Waals surface area (Å²) in [5, 5.41) is 3.73. The first-order valence-corrected chi connectivity index (χ1v) is 10.8. The highest BCUT2D eigenvalue weighted by molar-refractivity contribution is 5.89. The molecule has 0 saturated heterocycles. The summed E-state index contributed by atoms with van der Waals surface area (Å²) in [7, 11) is 0. The fraction of sp³-hybridized carbons (Fsp3) is 0.286. The van der Waals surface area contributed by atoms with Crippen molar-refractivity contribution in [2.24, 2.45) is 5.92 Å². The second-order valence-electron chi connectivity index (χ2n) is 9.06. The second kappa shape index (κ2) is 6.91. The summed E-state index contributed by atoms with van der Waals surface area (Å²) in [6, 6.07) is 15.6. The summed E-state index contributed by atoms with van der Waals surface area (Å²) >= 11 is 0. The van der Waals surface area contributed by atoms with Crippen LogP contribution in [0.2, 0.25) is 0 Å². The van der Waals surface area contributed by atoms with E-state index in [4.69, 9.17) is 0 Å². The maximum Gasteiger partial charge on any atom is 0.0431 e. The number of benzene rings is 2. The SMILES string of the molecule is CC1CC=CC2=C1c1cccc(Nc3ccc(C4=CCCC=C4)cc3)c1C2(C)C. The van der Waals surface area contributed by atoms with Crippen LogP contribution in [-0.4, -0.2) is 0 Å². The Morgan fingerprint density at radius 1 is 0.931 bits per heavy atom. The summed E-state index contributed by atoms with van der Waals surface area (Å²) in [5.41, 5.74) is 10.9. The number of rotatable bonds is 3. The molecule has 0 fully saturated rings. The van der Waals surface area contributed by atoms with E-state index in [0.717, 1.165) is 24.9 Å². The minimum Gasteiger partial charge on any atom is -0.355 e. The van der Waals surface area contributed by atoms with Crippen LogP contribution in [0.15, 0.2) is 78.4 Å². The number of hydrogen-bond donors (Lipinski definition) is 1. The van der Waals surface area contributed by atoms with Crippen LogP contribution in [0, 0.1) is 5.92 Å². The summed E-state index contributed by atoms with van der Waals surface area (Å²) < 4.78 is 0. The molecule has 1 nitrogen and oxygen atoms in total. The normalized spacial score (nSPS) is 21.6. The van der Waals surface area contributed by atoms with Crippen molar-refractivity contribution < 1.29 is 0 Å². The van der Waals surface area contributed by atoms with Crippen LogP contribution in [0.1, 0.15) is 56.7 Å². The fourth-order valence-electron chi connectivity index (χ4n) is 5.24. The zero-order valence-electron chi connectivity index (χ0n) is 17.6. The van der Waals surface area contributed by atoms with Crippen molar-refractivity contribution in [1.82, 2.24) is 0 Å². The lowest BCUT2D eigenvalue weighted by molar-refractivity contribution is 0.645. The molecule has 29 heavy (non-hydrogen) atoms. The van der Waals surface area contributed by atoms with Crippen molar-refractivity contribution in [2.45, 2.75) is 45.4 Å². The molecule has 0 aliphatic heterocycles. The van der Waals surface area contributed by atoms with E-state index in [1.54, 1.807) is 5.57 Å². The van der Waals surface area contributed by atoms with Gasteiger partial charge in [-0.1, -0.05) is 75.4 Å². The Hall–Kier alpha value is -2.80. The molecule has 1 unspecified atom stereocenters. The highest BCUT2D eigenvalue weighted by Crippen LogP contribution is 2.54. The summed E-state index contributed by atoms with van der Waals surface area (Å²) in [6.07, 6.45) is 15.0. The van der Waals surface area contributed by atoms with Gasteiger partial charge in [-0.05, 0) is 76.8 Å². The van der Waals surface area contributed by atoms with E-state index in [1.807, 2.05) is 0 Å². The molecule has 1 heteroatoms. The van der Waals surface area contributed by atoms with Gasteiger partial charge in [-0.2, -0.15) is 0 Å². The number of hydrogen-bond acceptors (Lipinski definition) is 1. The molecule has 146 valence electrons. The van der Waals surface area contributed by atoms with Crippen LogP contribution in [0.25, 0.3) is 11.1 Å². The molecule has 0 heterocycles. The Morgan fingerprint density at radius 3 is 2.52 bits per heavy atom. The van der Waals surface area contributed by atoms with Crippen molar-refractivity contribution in [2.75, 3.05) is 5.32 Å². The van der Waals surface area contributed by atoms with Gasteiger partial charge in [0.05, 0.1) is 0 Å². The van der Waals surface area contributed by atoms with Gasteiger partial charge in [0.15, 0.2) is 0 Å². The van der Waals surface area contributed by atoms with Gasteiger partial charge < -0.3 is 5.32 Å². The number of nitrogens with one attached hydrogen (secondary N) is 1. The maximum absolute atomic E-state index is 3.73. The molecule has 3 aliphatic carbocycles. The first-order chi connectivity index (χ1) is 14.1. The van der Waals surface area contributed by atoms with Crippen molar-refractivity contribution in [3.05, 3.63) is 95.1 Å². The zero-order chi connectivity index (χ0) is 20.0. The first-order valence-electron chi connectivity index (χ1n) is 10.8. The van der Waals surface area contributed by atoms with Gasteiger partial charge in [-0.3, -0.25) is 0 Å². The minimum absolute atomic E-state index is 0.0249. The summed E-state index contributed by atoms with van der Waals surface area (Å²) in [6.45, 7) is 7.09. The molecule has 0 radical (unpaired) electrons. The second-order valence-corrected chi connectivity index (χ2v) is 9.06. The number of fused-ring (bicyclic) bond motifs is 2. The predicted octanol–water partition coefficient (Wildman–Crippen LogP) is 7.80. The van der Waals surface area contributed by atoms with Crippen LogP contribution in [0.3, 0.4) is 0 Å². The van der Waals surface area contributed by atoms with Crippen molar-refractivity contribution >= 4 is 22.5 Å². The topological polar surface area (TPSA) is 12.0 Å². The van der Waals surface area contributed by atoms with Crippen LogP contribution >= 0.6 is 0 Å². The Labute approximate surface area is 174 Å². The van der Waals surface area contributed by atoms with E-state index in [9.17, 15) is 0 Å². The fourth-order valence-corrected chi connectivity index (χ4v) is 5.24. The van der Waals surface area contributed by atoms with Crippen molar-refractivity contribution in [3.8, 4) is 0 Å². The molecule has 0 saturated carbocycles. The lowest BCUT2D eigenvalue weighted by Crippen LogP contribution is -2.18. The van der Waals surface area contributed by atoms with Gasteiger partial charge in [0.1, 0.15) is 0 Å². The quantitative estimate of drug-likeness (QED) is 0.573. The molecule has 0 bridgehead atoms. The van der Waals surface area contributed by atoms with Gasteiger partial charge in [-0.25, -0.2) is 0 Å².